The predicted octanol–water partition coefficient (Wildman–Crippen LogP) is 2.84. The summed E-state index contributed by atoms with van der Waals surface area (Å²) in [5.74, 6) is -0.120. The maximum absolute atomic E-state index is 12.9. The van der Waals surface area contributed by atoms with Crippen LogP contribution in [0.4, 0.5) is 5.69 Å². The number of nitrogens with zero attached hydrogens (tertiary/aromatic N) is 1. The molecule has 3 amide bonds. The molecule has 0 radical (unpaired) electrons. The van der Waals surface area contributed by atoms with E-state index in [2.05, 4.69) is 10.6 Å². The fourth-order valence-corrected chi connectivity index (χ4v) is 3.51. The SMILES string of the molecule is COc1ccc(/C=C/C(=O)NC(C)C(=O)N2CCCC2C(=O)Nc2ccccc2)cc1. The fourth-order valence-electron chi connectivity index (χ4n) is 3.51. The molecule has 2 atom stereocenters. The first-order valence-corrected chi connectivity index (χ1v) is 10.3. The molecule has 2 N–H and O–H groups in total. The quantitative estimate of drug-likeness (QED) is 0.673. The van der Waals surface area contributed by atoms with Gasteiger partial charge in [0.2, 0.25) is 17.7 Å². The van der Waals surface area contributed by atoms with Crippen LogP contribution >= 0.6 is 0 Å². The topological polar surface area (TPSA) is 87.7 Å². The number of carbonyl (C=O) groups excluding carboxylic acids is 3. The van der Waals surface area contributed by atoms with Crippen LogP contribution in [-0.2, 0) is 14.4 Å². The van der Waals surface area contributed by atoms with Crippen LogP contribution in [0.15, 0.2) is 60.7 Å². The van der Waals surface area contributed by atoms with Crippen LogP contribution in [0.3, 0.4) is 0 Å². The Hall–Kier alpha value is -3.61. The Kier molecular flexibility index (Phi) is 7.43. The third-order valence-corrected chi connectivity index (χ3v) is 5.15. The highest BCUT2D eigenvalue weighted by atomic mass is 16.5. The molecular formula is C24H27N3O4. The van der Waals surface area contributed by atoms with Gasteiger partial charge in [-0.3, -0.25) is 14.4 Å². The molecule has 0 aromatic heterocycles. The number of rotatable bonds is 7. The fraction of sp³-hybridized carbons (Fsp3) is 0.292. The highest BCUT2D eigenvalue weighted by Gasteiger charge is 2.36. The normalized spacial score (nSPS) is 16.7. The number of hydrogen-bond acceptors (Lipinski definition) is 4. The predicted molar refractivity (Wildman–Crippen MR) is 119 cm³/mol. The number of para-hydroxylation sites is 1. The average Bonchev–Trinajstić information content (AvgIpc) is 3.28. The molecule has 2 aromatic carbocycles. The van der Waals surface area contributed by atoms with E-state index >= 15 is 0 Å². The van der Waals surface area contributed by atoms with Crippen LogP contribution in [0.1, 0.15) is 25.3 Å². The van der Waals surface area contributed by atoms with Crippen LogP contribution in [0, 0.1) is 0 Å². The van der Waals surface area contributed by atoms with E-state index in [-0.39, 0.29) is 17.7 Å². The number of likely N-dealkylation sites (tertiary alicyclic amines) is 1. The summed E-state index contributed by atoms with van der Waals surface area (Å²) in [6.45, 7) is 2.12. The van der Waals surface area contributed by atoms with Gasteiger partial charge < -0.3 is 20.3 Å². The van der Waals surface area contributed by atoms with Crippen molar-refractivity contribution in [1.29, 1.82) is 0 Å². The summed E-state index contributed by atoms with van der Waals surface area (Å²) in [6.07, 6.45) is 4.40. The Labute approximate surface area is 182 Å². The van der Waals surface area contributed by atoms with E-state index in [1.54, 1.807) is 49.3 Å². The molecule has 1 aliphatic rings. The van der Waals surface area contributed by atoms with E-state index in [0.29, 0.717) is 18.7 Å². The molecule has 1 fully saturated rings. The minimum atomic E-state index is -0.738. The number of anilines is 1. The number of carbonyl (C=O) groups is 3. The first-order chi connectivity index (χ1) is 15.0. The lowest BCUT2D eigenvalue weighted by Gasteiger charge is -2.27. The second-order valence-corrected chi connectivity index (χ2v) is 7.38. The van der Waals surface area contributed by atoms with Gasteiger partial charge in [0.05, 0.1) is 7.11 Å². The van der Waals surface area contributed by atoms with Gasteiger partial charge in [-0.1, -0.05) is 30.3 Å². The zero-order valence-electron chi connectivity index (χ0n) is 17.7. The molecule has 31 heavy (non-hydrogen) atoms. The van der Waals surface area contributed by atoms with Gasteiger partial charge >= 0.3 is 0 Å². The summed E-state index contributed by atoms with van der Waals surface area (Å²) < 4.78 is 5.11. The molecule has 0 bridgehead atoms. The third-order valence-electron chi connectivity index (χ3n) is 5.15. The molecule has 1 aliphatic heterocycles. The summed E-state index contributed by atoms with van der Waals surface area (Å²) in [7, 11) is 1.59. The Morgan fingerprint density at radius 1 is 1.10 bits per heavy atom. The van der Waals surface area contributed by atoms with Gasteiger partial charge in [-0.25, -0.2) is 0 Å². The first kappa shape index (κ1) is 22.1. The Bertz CT molecular complexity index is 941. The largest absolute Gasteiger partial charge is 0.497 e. The van der Waals surface area contributed by atoms with Gasteiger partial charge in [-0.05, 0) is 55.7 Å². The highest BCUT2D eigenvalue weighted by Crippen LogP contribution is 2.20. The molecule has 1 saturated heterocycles. The third kappa shape index (κ3) is 5.94. The Morgan fingerprint density at radius 3 is 2.48 bits per heavy atom. The standard InChI is InChI=1S/C24H27N3O4/c1-17(25-22(28)15-12-18-10-13-20(31-2)14-11-18)24(30)27-16-6-9-21(27)23(29)26-19-7-4-3-5-8-19/h3-5,7-8,10-15,17,21H,6,9,16H2,1-2H3,(H,25,28)(H,26,29)/b15-12+. The van der Waals surface area contributed by atoms with Crippen LogP contribution in [-0.4, -0.2) is 48.4 Å². The molecule has 7 nitrogen and oxygen atoms in total. The number of methoxy groups -OCH3 is 1. The monoisotopic (exact) mass is 421 g/mol. The lowest BCUT2D eigenvalue weighted by molar-refractivity contribution is -0.139. The summed E-state index contributed by atoms with van der Waals surface area (Å²) in [4.78, 5) is 39.4. The maximum Gasteiger partial charge on any atom is 0.247 e. The zero-order chi connectivity index (χ0) is 22.2. The van der Waals surface area contributed by atoms with Crippen molar-refractivity contribution in [2.45, 2.75) is 31.8 Å². The smallest absolute Gasteiger partial charge is 0.247 e. The average molecular weight is 421 g/mol. The van der Waals surface area contributed by atoms with Gasteiger partial charge in [0, 0.05) is 18.3 Å². The Balaban J connectivity index is 1.55. The molecule has 162 valence electrons. The van der Waals surface area contributed by atoms with Crippen LogP contribution < -0.4 is 15.4 Å². The molecule has 1 heterocycles. The summed E-state index contributed by atoms with van der Waals surface area (Å²) in [6, 6.07) is 15.1. The molecular weight excluding hydrogens is 394 g/mol. The van der Waals surface area contributed by atoms with Crippen molar-refractivity contribution in [3.05, 3.63) is 66.2 Å². The van der Waals surface area contributed by atoms with E-state index < -0.39 is 12.1 Å². The lowest BCUT2D eigenvalue weighted by Crippen LogP contribution is -2.51. The summed E-state index contributed by atoms with van der Waals surface area (Å²) >= 11 is 0. The number of hydrogen-bond donors (Lipinski definition) is 2. The molecule has 0 saturated carbocycles. The minimum Gasteiger partial charge on any atom is -0.497 e. The summed E-state index contributed by atoms with van der Waals surface area (Å²) in [5.41, 5.74) is 1.53. The van der Waals surface area contributed by atoms with Gasteiger partial charge in [-0.2, -0.15) is 0 Å². The number of nitrogens with one attached hydrogen (secondary N) is 2. The second-order valence-electron chi connectivity index (χ2n) is 7.38. The van der Waals surface area contributed by atoms with Gasteiger partial charge in [-0.15, -0.1) is 0 Å². The van der Waals surface area contributed by atoms with Crippen molar-refractivity contribution in [2.75, 3.05) is 19.0 Å². The van der Waals surface area contributed by atoms with E-state index in [1.807, 2.05) is 30.3 Å². The molecule has 7 heteroatoms. The van der Waals surface area contributed by atoms with Crippen molar-refractivity contribution in [3.63, 3.8) is 0 Å². The van der Waals surface area contributed by atoms with Crippen molar-refractivity contribution >= 4 is 29.5 Å². The summed E-state index contributed by atoms with van der Waals surface area (Å²) in [5, 5.41) is 5.54. The maximum atomic E-state index is 12.9. The number of amides is 3. The van der Waals surface area contributed by atoms with Gasteiger partial charge in [0.1, 0.15) is 17.8 Å². The molecule has 3 rings (SSSR count). The minimum absolute atomic E-state index is 0.213. The van der Waals surface area contributed by atoms with E-state index in [0.717, 1.165) is 17.7 Å². The van der Waals surface area contributed by atoms with Gasteiger partial charge in [0.25, 0.3) is 0 Å². The van der Waals surface area contributed by atoms with Crippen molar-refractivity contribution in [1.82, 2.24) is 10.2 Å². The Morgan fingerprint density at radius 2 is 1.81 bits per heavy atom. The second kappa shape index (κ2) is 10.4. The number of benzene rings is 2. The molecule has 2 unspecified atom stereocenters. The zero-order valence-corrected chi connectivity index (χ0v) is 17.7. The molecule has 0 spiro atoms. The van der Waals surface area contributed by atoms with E-state index in [1.165, 1.54) is 6.08 Å². The van der Waals surface area contributed by atoms with E-state index in [9.17, 15) is 14.4 Å². The molecule has 2 aromatic rings. The van der Waals surface area contributed by atoms with Crippen LogP contribution in [0.5, 0.6) is 5.75 Å². The van der Waals surface area contributed by atoms with Crippen molar-refractivity contribution < 1.29 is 19.1 Å². The first-order valence-electron chi connectivity index (χ1n) is 10.3. The lowest BCUT2D eigenvalue weighted by atomic mass is 10.1. The van der Waals surface area contributed by atoms with Crippen LogP contribution in [0.25, 0.3) is 6.08 Å². The van der Waals surface area contributed by atoms with Gasteiger partial charge in [0.15, 0.2) is 0 Å². The van der Waals surface area contributed by atoms with Crippen molar-refractivity contribution in [2.24, 2.45) is 0 Å². The molecule has 0 aliphatic carbocycles. The highest BCUT2D eigenvalue weighted by molar-refractivity contribution is 5.99. The van der Waals surface area contributed by atoms with E-state index in [4.69, 9.17) is 4.74 Å². The van der Waals surface area contributed by atoms with Crippen molar-refractivity contribution in [3.8, 4) is 5.75 Å². The number of ether oxygens (including phenoxy) is 1. The van der Waals surface area contributed by atoms with Crippen LogP contribution in [0.2, 0.25) is 0 Å².